The molecular weight excluding hydrogens is 485 g/mol. The summed E-state index contributed by atoms with van der Waals surface area (Å²) in [5.41, 5.74) is 0. The van der Waals surface area contributed by atoms with Crippen LogP contribution in [0.2, 0.25) is 0 Å². The van der Waals surface area contributed by atoms with Gasteiger partial charge in [0.05, 0.1) is 13.2 Å². The van der Waals surface area contributed by atoms with Gasteiger partial charge in [0.15, 0.2) is 0 Å². The summed E-state index contributed by atoms with van der Waals surface area (Å²) in [5.74, 6) is -0.659. The number of unbranched alkanes of at least 4 members (excludes halogenated alkanes) is 2. The number of hydrogen-bond donors (Lipinski definition) is 3. The number of esters is 1. The Balaban J connectivity index is 3.74. The van der Waals surface area contributed by atoms with Gasteiger partial charge >= 0.3 is 13.8 Å². The third kappa shape index (κ3) is 23.7. The lowest BCUT2D eigenvalue weighted by Gasteiger charge is -2.15. The van der Waals surface area contributed by atoms with Gasteiger partial charge in [0.2, 0.25) is 5.91 Å². The van der Waals surface area contributed by atoms with Crippen molar-refractivity contribution in [1.29, 1.82) is 0 Å². The number of hydrogen-bond acceptors (Lipinski definition) is 7. The topological polar surface area (TPSA) is 131 Å². The Kier molecular flexibility index (Phi) is 22.1. The Morgan fingerprint density at radius 3 is 2.11 bits per heavy atom. The summed E-state index contributed by atoms with van der Waals surface area (Å²) >= 11 is 0. The van der Waals surface area contributed by atoms with Crippen LogP contribution in [0.5, 0.6) is 0 Å². The van der Waals surface area contributed by atoms with Gasteiger partial charge in [-0.25, -0.2) is 4.57 Å². The number of aliphatic hydroxyl groups is 1. The summed E-state index contributed by atoms with van der Waals surface area (Å²) in [6, 6.07) is 0. The standard InChI is InChI=1S/C26H44NO8P/c1-3-5-6-7-8-9-10-11-12-13-14-15-16-17-18-19-26(30)33-22-24(28)23-35-36(31,32)34-21-20-27-25(29)4-2/h5-6,8-9,11-12,14-15,24,28H,3-4,7,10,13,16-23H2,1-2H3,(H,27,29)(H,31,32)/b6-5-,9-8-,12-11-,15-14-. The zero-order valence-electron chi connectivity index (χ0n) is 21.7. The van der Waals surface area contributed by atoms with E-state index >= 15 is 0 Å². The fraction of sp³-hybridized carbons (Fsp3) is 0.615. The number of allylic oxidation sites excluding steroid dienone is 8. The Bertz CT molecular complexity index is 748. The first-order valence-electron chi connectivity index (χ1n) is 12.6. The predicted octanol–water partition coefficient (Wildman–Crippen LogP) is 4.92. The van der Waals surface area contributed by atoms with E-state index < -0.39 is 26.5 Å². The smallest absolute Gasteiger partial charge is 0.463 e. The van der Waals surface area contributed by atoms with Crippen LogP contribution in [0.15, 0.2) is 48.6 Å². The first-order chi connectivity index (χ1) is 17.3. The molecule has 0 aromatic rings. The Morgan fingerprint density at radius 2 is 1.50 bits per heavy atom. The predicted molar refractivity (Wildman–Crippen MR) is 141 cm³/mol. The van der Waals surface area contributed by atoms with E-state index in [1.165, 1.54) is 0 Å². The molecule has 0 bridgehead atoms. The minimum absolute atomic E-state index is 0.0586. The van der Waals surface area contributed by atoms with Crippen molar-refractivity contribution >= 4 is 19.7 Å². The molecule has 0 fully saturated rings. The Labute approximate surface area is 215 Å². The number of phosphoric acid groups is 1. The molecule has 0 aliphatic carbocycles. The van der Waals surface area contributed by atoms with Crippen LogP contribution in [0, 0.1) is 0 Å². The fourth-order valence-electron chi connectivity index (χ4n) is 2.63. The Morgan fingerprint density at radius 1 is 0.889 bits per heavy atom. The van der Waals surface area contributed by atoms with E-state index in [4.69, 9.17) is 4.74 Å². The molecule has 0 saturated heterocycles. The maximum atomic E-state index is 11.8. The quantitative estimate of drug-likeness (QED) is 0.0780. The number of ether oxygens (including phenoxy) is 1. The lowest BCUT2D eigenvalue weighted by atomic mass is 10.2. The third-order valence-corrected chi connectivity index (χ3v) is 5.57. The van der Waals surface area contributed by atoms with Crippen molar-refractivity contribution in [2.45, 2.75) is 77.7 Å². The van der Waals surface area contributed by atoms with Crippen LogP contribution in [-0.2, 0) is 27.9 Å². The number of rotatable bonds is 22. The molecule has 0 saturated carbocycles. The number of amides is 1. The van der Waals surface area contributed by atoms with Gasteiger partial charge in [0.25, 0.3) is 0 Å². The van der Waals surface area contributed by atoms with Crippen molar-refractivity contribution in [3.63, 3.8) is 0 Å². The summed E-state index contributed by atoms with van der Waals surface area (Å²) in [6.07, 6.45) is 22.6. The van der Waals surface area contributed by atoms with Gasteiger partial charge in [-0.2, -0.15) is 0 Å². The molecule has 0 aliphatic rings. The van der Waals surface area contributed by atoms with Crippen LogP contribution in [0.4, 0.5) is 0 Å². The van der Waals surface area contributed by atoms with Crippen LogP contribution in [0.25, 0.3) is 0 Å². The first kappa shape index (κ1) is 34.0. The SMILES string of the molecule is CC/C=C\C/C=C\C/C=C\C/C=C\CCCCC(=O)OCC(O)COP(=O)(O)OCCNC(=O)CC. The van der Waals surface area contributed by atoms with Crippen LogP contribution in [0.3, 0.4) is 0 Å². The zero-order valence-corrected chi connectivity index (χ0v) is 22.6. The van der Waals surface area contributed by atoms with Crippen molar-refractivity contribution in [2.24, 2.45) is 0 Å². The molecule has 1 amide bonds. The van der Waals surface area contributed by atoms with Crippen LogP contribution < -0.4 is 5.32 Å². The van der Waals surface area contributed by atoms with E-state index in [0.717, 1.165) is 38.5 Å². The van der Waals surface area contributed by atoms with Crippen LogP contribution >= 0.6 is 7.82 Å². The normalized spacial score (nSPS) is 14.7. The second kappa shape index (κ2) is 23.4. The molecule has 0 radical (unpaired) electrons. The average molecular weight is 530 g/mol. The highest BCUT2D eigenvalue weighted by Gasteiger charge is 2.23. The van der Waals surface area contributed by atoms with Gasteiger partial charge in [-0.1, -0.05) is 62.5 Å². The monoisotopic (exact) mass is 529 g/mol. The maximum Gasteiger partial charge on any atom is 0.472 e. The van der Waals surface area contributed by atoms with Crippen molar-refractivity contribution in [3.8, 4) is 0 Å². The van der Waals surface area contributed by atoms with E-state index in [0.29, 0.717) is 12.8 Å². The molecule has 2 unspecified atom stereocenters. The third-order valence-electron chi connectivity index (χ3n) is 4.59. The number of carbonyl (C=O) groups excluding carboxylic acids is 2. The van der Waals surface area contributed by atoms with Crippen molar-refractivity contribution in [2.75, 3.05) is 26.4 Å². The number of nitrogens with one attached hydrogen (secondary N) is 1. The molecule has 206 valence electrons. The van der Waals surface area contributed by atoms with Gasteiger partial charge < -0.3 is 20.1 Å². The average Bonchev–Trinajstić information content (AvgIpc) is 2.86. The highest BCUT2D eigenvalue weighted by Crippen LogP contribution is 2.42. The largest absolute Gasteiger partial charge is 0.472 e. The van der Waals surface area contributed by atoms with E-state index in [9.17, 15) is 24.2 Å². The second-order valence-corrected chi connectivity index (χ2v) is 9.34. The molecule has 0 rings (SSSR count). The molecule has 36 heavy (non-hydrogen) atoms. The molecule has 0 heterocycles. The van der Waals surface area contributed by atoms with Crippen molar-refractivity contribution in [3.05, 3.63) is 48.6 Å². The van der Waals surface area contributed by atoms with Gasteiger partial charge in [-0.05, 0) is 44.9 Å². The molecular formula is C26H44NO8P. The minimum atomic E-state index is -4.38. The van der Waals surface area contributed by atoms with E-state index in [1.54, 1.807) is 6.92 Å². The lowest BCUT2D eigenvalue weighted by Crippen LogP contribution is -2.26. The van der Waals surface area contributed by atoms with E-state index in [-0.39, 0.29) is 32.1 Å². The molecule has 10 heteroatoms. The van der Waals surface area contributed by atoms with Crippen molar-refractivity contribution in [1.82, 2.24) is 5.32 Å². The zero-order chi connectivity index (χ0) is 26.9. The van der Waals surface area contributed by atoms with E-state index in [2.05, 4.69) is 69.9 Å². The molecule has 2 atom stereocenters. The van der Waals surface area contributed by atoms with Gasteiger partial charge in [-0.3, -0.25) is 18.6 Å². The molecule has 3 N–H and O–H groups in total. The highest BCUT2D eigenvalue weighted by molar-refractivity contribution is 7.47. The molecule has 0 spiro atoms. The van der Waals surface area contributed by atoms with E-state index in [1.807, 2.05) is 0 Å². The summed E-state index contributed by atoms with van der Waals surface area (Å²) in [7, 11) is -4.38. The van der Waals surface area contributed by atoms with Gasteiger partial charge in [-0.15, -0.1) is 0 Å². The summed E-state index contributed by atoms with van der Waals surface area (Å²) in [5, 5.41) is 12.3. The minimum Gasteiger partial charge on any atom is -0.463 e. The number of carbonyl (C=O) groups is 2. The molecule has 0 aromatic heterocycles. The highest BCUT2D eigenvalue weighted by atomic mass is 31.2. The van der Waals surface area contributed by atoms with Gasteiger partial charge in [0, 0.05) is 19.4 Å². The summed E-state index contributed by atoms with van der Waals surface area (Å²) in [6.45, 7) is 2.76. The van der Waals surface area contributed by atoms with Crippen molar-refractivity contribution < 1.29 is 37.9 Å². The van der Waals surface area contributed by atoms with Crippen LogP contribution in [-0.4, -0.2) is 54.3 Å². The second-order valence-electron chi connectivity index (χ2n) is 7.88. The Hall–Kier alpha value is -2.03. The maximum absolute atomic E-state index is 11.8. The lowest BCUT2D eigenvalue weighted by molar-refractivity contribution is -0.147. The summed E-state index contributed by atoms with van der Waals surface area (Å²) < 4.78 is 26.0. The first-order valence-corrected chi connectivity index (χ1v) is 14.1. The van der Waals surface area contributed by atoms with Gasteiger partial charge in [0.1, 0.15) is 12.7 Å². The number of phosphoric ester groups is 1. The fourth-order valence-corrected chi connectivity index (χ4v) is 3.39. The summed E-state index contributed by atoms with van der Waals surface area (Å²) in [4.78, 5) is 32.4. The number of aliphatic hydroxyl groups excluding tert-OH is 1. The molecule has 0 aliphatic heterocycles. The molecule has 0 aromatic carbocycles. The molecule has 9 nitrogen and oxygen atoms in total. The van der Waals surface area contributed by atoms with Crippen LogP contribution in [0.1, 0.15) is 71.6 Å².